The number of nitrogens with two attached hydrogens (primary N) is 1. The minimum Gasteiger partial charge on any atom is -0.468 e. The minimum absolute atomic E-state index is 0.0881. The molecule has 2 unspecified atom stereocenters. The normalized spacial score (nSPS) is 12.6. The van der Waals surface area contributed by atoms with E-state index in [0.29, 0.717) is 5.56 Å². The summed E-state index contributed by atoms with van der Waals surface area (Å²) in [5.74, 6) is -2.53. The van der Waals surface area contributed by atoms with Gasteiger partial charge in [-0.1, -0.05) is 30.3 Å². The first-order valence-electron chi connectivity index (χ1n) is 10.9. The Balaban J connectivity index is 3.27. The number of hydrogen-bond donors (Lipinski definition) is 3. The summed E-state index contributed by atoms with van der Waals surface area (Å²) in [7, 11) is 1.19. The molecule has 2 atom stereocenters. The van der Waals surface area contributed by atoms with Crippen molar-refractivity contribution in [1.29, 1.82) is 0 Å². The Labute approximate surface area is 199 Å². The predicted molar refractivity (Wildman–Crippen MR) is 123 cm³/mol. The Hall–Kier alpha value is -3.63. The van der Waals surface area contributed by atoms with Gasteiger partial charge in [-0.2, -0.15) is 0 Å². The number of ether oxygens (including phenoxy) is 2. The van der Waals surface area contributed by atoms with Gasteiger partial charge in [0, 0.05) is 13.0 Å². The van der Waals surface area contributed by atoms with Crippen molar-refractivity contribution in [2.24, 2.45) is 5.73 Å². The van der Waals surface area contributed by atoms with Crippen LogP contribution in [0.5, 0.6) is 0 Å². The van der Waals surface area contributed by atoms with Crippen LogP contribution in [0.1, 0.15) is 52.1 Å². The highest BCUT2D eigenvalue weighted by Gasteiger charge is 2.35. The van der Waals surface area contributed by atoms with Gasteiger partial charge in [-0.05, 0) is 39.7 Å². The van der Waals surface area contributed by atoms with Gasteiger partial charge >= 0.3 is 12.1 Å². The number of likely N-dealkylation sites (N-methyl/N-ethyl adjacent to an activating group) is 1. The van der Waals surface area contributed by atoms with Crippen LogP contribution in [-0.2, 0) is 28.7 Å². The van der Waals surface area contributed by atoms with Crippen LogP contribution in [0.15, 0.2) is 30.3 Å². The number of esters is 1. The molecule has 34 heavy (non-hydrogen) atoms. The van der Waals surface area contributed by atoms with Crippen LogP contribution in [0.25, 0.3) is 0 Å². The zero-order valence-electron chi connectivity index (χ0n) is 20.3. The first-order chi connectivity index (χ1) is 15.9. The Kier molecular flexibility index (Phi) is 11.0. The van der Waals surface area contributed by atoms with Gasteiger partial charge in [0.1, 0.15) is 24.2 Å². The van der Waals surface area contributed by atoms with E-state index in [1.54, 1.807) is 58.0 Å². The predicted octanol–water partition coefficient (Wildman–Crippen LogP) is 1.02. The molecule has 0 aliphatic rings. The van der Waals surface area contributed by atoms with E-state index < -0.39 is 47.5 Å². The van der Waals surface area contributed by atoms with Gasteiger partial charge in [-0.3, -0.25) is 19.2 Å². The second-order valence-electron chi connectivity index (χ2n) is 8.44. The molecule has 0 radical (unpaired) electrons. The molecule has 0 saturated heterocycles. The zero-order chi connectivity index (χ0) is 25.9. The van der Waals surface area contributed by atoms with Gasteiger partial charge in [0.2, 0.25) is 17.7 Å². The average molecular weight is 479 g/mol. The number of carbonyl (C=O) groups is 5. The number of nitrogens with one attached hydrogen (secondary N) is 2. The number of methoxy groups -OCH3 is 1. The smallest absolute Gasteiger partial charge is 0.408 e. The fraction of sp³-hybridized carbons (Fsp3) is 0.522. The molecule has 1 aromatic carbocycles. The molecular formula is C23H34N4O7. The quantitative estimate of drug-likeness (QED) is 0.401. The van der Waals surface area contributed by atoms with Gasteiger partial charge in [0.05, 0.1) is 7.11 Å². The largest absolute Gasteiger partial charge is 0.468 e. The molecule has 0 fully saturated rings. The summed E-state index contributed by atoms with van der Waals surface area (Å²) in [5, 5.41) is 4.95. The third-order valence-corrected chi connectivity index (χ3v) is 4.60. The molecule has 4 N–H and O–H groups in total. The van der Waals surface area contributed by atoms with Crippen LogP contribution in [0, 0.1) is 0 Å². The standard InChI is InChI=1S/C23H34N4O7/c1-6-27(19(15-10-8-7-9-11-15)20(30)25-14-18(29)33-5)21(31)16(12-13-17(24)28)26-22(32)34-23(2,3)4/h7-11,16,19H,6,12-14H2,1-5H3,(H2,24,28)(H,25,30)(H,26,32). The number of nitrogens with zero attached hydrogens (tertiary/aromatic N) is 1. The lowest BCUT2D eigenvalue weighted by molar-refractivity contribution is -0.144. The summed E-state index contributed by atoms with van der Waals surface area (Å²) < 4.78 is 9.80. The molecule has 0 bridgehead atoms. The molecule has 1 rings (SSSR count). The molecule has 11 nitrogen and oxygen atoms in total. The van der Waals surface area contributed by atoms with E-state index in [1.807, 2.05) is 0 Å². The molecule has 0 aromatic heterocycles. The second-order valence-corrected chi connectivity index (χ2v) is 8.44. The van der Waals surface area contributed by atoms with E-state index in [0.717, 1.165) is 0 Å². The van der Waals surface area contributed by atoms with E-state index in [1.165, 1.54) is 12.0 Å². The van der Waals surface area contributed by atoms with Gasteiger partial charge < -0.3 is 30.7 Å². The van der Waals surface area contributed by atoms with E-state index >= 15 is 0 Å². The van der Waals surface area contributed by atoms with Crippen molar-refractivity contribution in [2.45, 2.75) is 58.2 Å². The fourth-order valence-corrected chi connectivity index (χ4v) is 3.10. The van der Waals surface area contributed by atoms with E-state index in [9.17, 15) is 24.0 Å². The lowest BCUT2D eigenvalue weighted by Crippen LogP contribution is -2.53. The Morgan fingerprint density at radius 2 is 1.71 bits per heavy atom. The molecule has 0 aliphatic heterocycles. The van der Waals surface area contributed by atoms with Crippen LogP contribution >= 0.6 is 0 Å². The lowest BCUT2D eigenvalue weighted by Gasteiger charge is -2.33. The summed E-state index contributed by atoms with van der Waals surface area (Å²) in [5.41, 5.74) is 4.92. The molecule has 4 amide bonds. The first kappa shape index (κ1) is 28.4. The van der Waals surface area contributed by atoms with Gasteiger partial charge in [0.15, 0.2) is 0 Å². The number of alkyl carbamates (subject to hydrolysis) is 1. The molecule has 0 heterocycles. The number of carbonyl (C=O) groups excluding carboxylic acids is 5. The van der Waals surface area contributed by atoms with Crippen molar-refractivity contribution in [3.05, 3.63) is 35.9 Å². The maximum atomic E-state index is 13.5. The van der Waals surface area contributed by atoms with Crippen LogP contribution in [0.3, 0.4) is 0 Å². The topological polar surface area (TPSA) is 157 Å². The van der Waals surface area contributed by atoms with Crippen molar-refractivity contribution in [3.63, 3.8) is 0 Å². The Morgan fingerprint density at radius 1 is 1.09 bits per heavy atom. The summed E-state index contributed by atoms with van der Waals surface area (Å²) in [6, 6.07) is 6.21. The third-order valence-electron chi connectivity index (χ3n) is 4.60. The van der Waals surface area contributed by atoms with E-state index in [-0.39, 0.29) is 25.9 Å². The van der Waals surface area contributed by atoms with Crippen molar-refractivity contribution >= 4 is 29.8 Å². The molecule has 188 valence electrons. The minimum atomic E-state index is -1.18. The van der Waals surface area contributed by atoms with Crippen molar-refractivity contribution in [3.8, 4) is 0 Å². The van der Waals surface area contributed by atoms with Gasteiger partial charge in [0.25, 0.3) is 0 Å². The summed E-state index contributed by atoms with van der Waals surface area (Å²) in [6.07, 6.45) is -1.11. The average Bonchev–Trinajstić information content (AvgIpc) is 2.76. The third kappa shape index (κ3) is 9.47. The second kappa shape index (κ2) is 13.2. The number of rotatable bonds is 11. The monoisotopic (exact) mass is 478 g/mol. The molecule has 0 saturated carbocycles. The van der Waals surface area contributed by atoms with Crippen LogP contribution < -0.4 is 16.4 Å². The number of primary amides is 1. The number of amides is 4. The van der Waals surface area contributed by atoms with Crippen LogP contribution in [-0.4, -0.2) is 66.5 Å². The van der Waals surface area contributed by atoms with Gasteiger partial charge in [-0.15, -0.1) is 0 Å². The molecule has 1 aromatic rings. The Bertz CT molecular complexity index is 868. The SMILES string of the molecule is CCN(C(=O)C(CCC(N)=O)NC(=O)OC(C)(C)C)C(C(=O)NCC(=O)OC)c1ccccc1. The van der Waals surface area contributed by atoms with Crippen molar-refractivity contribution in [2.75, 3.05) is 20.2 Å². The molecule has 0 spiro atoms. The first-order valence-corrected chi connectivity index (χ1v) is 10.9. The van der Waals surface area contributed by atoms with Crippen molar-refractivity contribution in [1.82, 2.24) is 15.5 Å². The van der Waals surface area contributed by atoms with Crippen molar-refractivity contribution < 1.29 is 33.4 Å². The van der Waals surface area contributed by atoms with E-state index in [2.05, 4.69) is 15.4 Å². The highest BCUT2D eigenvalue weighted by Crippen LogP contribution is 2.23. The number of hydrogen-bond acceptors (Lipinski definition) is 7. The van der Waals surface area contributed by atoms with Gasteiger partial charge in [-0.25, -0.2) is 4.79 Å². The fourth-order valence-electron chi connectivity index (χ4n) is 3.10. The highest BCUT2D eigenvalue weighted by molar-refractivity contribution is 5.93. The van der Waals surface area contributed by atoms with E-state index in [4.69, 9.17) is 10.5 Å². The zero-order valence-corrected chi connectivity index (χ0v) is 20.3. The summed E-state index contributed by atoms with van der Waals surface area (Å²) in [6.45, 7) is 6.38. The maximum Gasteiger partial charge on any atom is 0.408 e. The van der Waals surface area contributed by atoms with Crippen LogP contribution in [0.2, 0.25) is 0 Å². The Morgan fingerprint density at radius 3 is 2.21 bits per heavy atom. The van der Waals surface area contributed by atoms with Crippen LogP contribution in [0.4, 0.5) is 4.79 Å². The number of benzene rings is 1. The molecule has 11 heteroatoms. The highest BCUT2D eigenvalue weighted by atomic mass is 16.6. The summed E-state index contributed by atoms with van der Waals surface area (Å²) >= 11 is 0. The molecule has 0 aliphatic carbocycles. The summed E-state index contributed by atoms with van der Waals surface area (Å²) in [4.78, 5) is 63.1. The lowest BCUT2D eigenvalue weighted by atomic mass is 10.0. The molecular weight excluding hydrogens is 444 g/mol. The maximum absolute atomic E-state index is 13.5.